The lowest BCUT2D eigenvalue weighted by molar-refractivity contribution is 0.109. The SMILES string of the molecule is COC(C)CCc1nnc(C(N)c2ccccc2)o1. The van der Waals surface area contributed by atoms with Crippen LogP contribution in [0.3, 0.4) is 0 Å². The molecule has 0 radical (unpaired) electrons. The lowest BCUT2D eigenvalue weighted by Gasteiger charge is -2.07. The number of methoxy groups -OCH3 is 1. The van der Waals surface area contributed by atoms with Crippen LogP contribution < -0.4 is 5.73 Å². The summed E-state index contributed by atoms with van der Waals surface area (Å²) in [6, 6.07) is 9.34. The normalized spacial score (nSPS) is 14.3. The zero-order valence-corrected chi connectivity index (χ0v) is 11.2. The average Bonchev–Trinajstić information content (AvgIpc) is 2.93. The van der Waals surface area contributed by atoms with E-state index >= 15 is 0 Å². The van der Waals surface area contributed by atoms with E-state index in [1.54, 1.807) is 7.11 Å². The van der Waals surface area contributed by atoms with Crippen molar-refractivity contribution in [3.8, 4) is 0 Å². The first-order valence-electron chi connectivity index (χ1n) is 6.36. The minimum Gasteiger partial charge on any atom is -0.423 e. The molecule has 0 spiro atoms. The molecule has 102 valence electrons. The molecule has 2 aromatic rings. The van der Waals surface area contributed by atoms with Crippen molar-refractivity contribution in [3.05, 3.63) is 47.7 Å². The highest BCUT2D eigenvalue weighted by Gasteiger charge is 2.16. The summed E-state index contributed by atoms with van der Waals surface area (Å²) in [6.07, 6.45) is 1.72. The second-order valence-electron chi connectivity index (χ2n) is 4.51. The fourth-order valence-electron chi connectivity index (χ4n) is 1.74. The van der Waals surface area contributed by atoms with Gasteiger partial charge >= 0.3 is 0 Å². The molecular weight excluding hydrogens is 242 g/mol. The monoisotopic (exact) mass is 261 g/mol. The zero-order valence-electron chi connectivity index (χ0n) is 11.2. The number of aryl methyl sites for hydroxylation is 1. The van der Waals surface area contributed by atoms with Crippen LogP contribution in [0, 0.1) is 0 Å². The van der Waals surface area contributed by atoms with Crippen molar-refractivity contribution in [2.45, 2.75) is 31.9 Å². The van der Waals surface area contributed by atoms with Crippen LogP contribution in [-0.2, 0) is 11.2 Å². The van der Waals surface area contributed by atoms with E-state index in [4.69, 9.17) is 14.9 Å². The molecule has 0 aliphatic rings. The predicted octanol–water partition coefficient (Wildman–Crippen LogP) is 2.09. The molecule has 0 fully saturated rings. The molecule has 2 atom stereocenters. The molecule has 19 heavy (non-hydrogen) atoms. The van der Waals surface area contributed by atoms with E-state index in [-0.39, 0.29) is 12.1 Å². The third-order valence-electron chi connectivity index (χ3n) is 3.07. The zero-order chi connectivity index (χ0) is 13.7. The highest BCUT2D eigenvalue weighted by Crippen LogP contribution is 2.18. The number of hydrogen-bond donors (Lipinski definition) is 1. The van der Waals surface area contributed by atoms with Gasteiger partial charge in [-0.2, -0.15) is 0 Å². The van der Waals surface area contributed by atoms with E-state index in [0.717, 1.165) is 12.0 Å². The molecule has 1 aromatic carbocycles. The summed E-state index contributed by atoms with van der Waals surface area (Å²) in [5.41, 5.74) is 7.05. The maximum Gasteiger partial charge on any atom is 0.237 e. The second-order valence-corrected chi connectivity index (χ2v) is 4.51. The lowest BCUT2D eigenvalue weighted by Crippen LogP contribution is -2.12. The second kappa shape index (κ2) is 6.45. The minimum atomic E-state index is -0.373. The molecule has 0 aliphatic carbocycles. The molecule has 0 saturated carbocycles. The molecular formula is C14H19N3O2. The minimum absolute atomic E-state index is 0.179. The highest BCUT2D eigenvalue weighted by atomic mass is 16.5. The fraction of sp³-hybridized carbons (Fsp3) is 0.429. The molecule has 2 rings (SSSR count). The number of aromatic nitrogens is 2. The molecule has 0 aliphatic heterocycles. The van der Waals surface area contributed by atoms with Gasteiger partial charge < -0.3 is 14.9 Å². The van der Waals surface area contributed by atoms with E-state index in [1.807, 2.05) is 37.3 Å². The molecule has 5 nitrogen and oxygen atoms in total. The summed E-state index contributed by atoms with van der Waals surface area (Å²) in [5.74, 6) is 1.05. The van der Waals surface area contributed by atoms with Crippen LogP contribution in [0.1, 0.15) is 36.7 Å². The third kappa shape index (κ3) is 3.62. The van der Waals surface area contributed by atoms with Crippen molar-refractivity contribution < 1.29 is 9.15 Å². The van der Waals surface area contributed by atoms with E-state index < -0.39 is 0 Å². The number of rotatable bonds is 6. The Balaban J connectivity index is 2.01. The molecule has 5 heteroatoms. The summed E-state index contributed by atoms with van der Waals surface area (Å²) in [6.45, 7) is 2.01. The van der Waals surface area contributed by atoms with Gasteiger partial charge in [-0.3, -0.25) is 0 Å². The maximum absolute atomic E-state index is 6.09. The summed E-state index contributed by atoms with van der Waals surface area (Å²) >= 11 is 0. The molecule has 0 bridgehead atoms. The van der Waals surface area contributed by atoms with Crippen molar-refractivity contribution in [2.75, 3.05) is 7.11 Å². The van der Waals surface area contributed by atoms with E-state index in [9.17, 15) is 0 Å². The predicted molar refractivity (Wildman–Crippen MR) is 71.6 cm³/mol. The average molecular weight is 261 g/mol. The standard InChI is InChI=1S/C14H19N3O2/c1-10(18-2)8-9-12-16-17-14(19-12)13(15)11-6-4-3-5-7-11/h3-7,10,13H,8-9,15H2,1-2H3. The molecule has 0 amide bonds. The molecule has 2 unspecified atom stereocenters. The van der Waals surface area contributed by atoms with Gasteiger partial charge in [0.2, 0.25) is 11.8 Å². The molecule has 0 saturated heterocycles. The number of hydrogen-bond acceptors (Lipinski definition) is 5. The number of benzene rings is 1. The Labute approximate surface area is 112 Å². The molecule has 1 aromatic heterocycles. The Hall–Kier alpha value is -1.72. The Kier molecular flexibility index (Phi) is 4.65. The van der Waals surface area contributed by atoms with Gasteiger partial charge in [0.25, 0.3) is 0 Å². The van der Waals surface area contributed by atoms with Gasteiger partial charge in [0.05, 0.1) is 6.10 Å². The van der Waals surface area contributed by atoms with Crippen LogP contribution in [0.25, 0.3) is 0 Å². The van der Waals surface area contributed by atoms with Crippen LogP contribution in [0.5, 0.6) is 0 Å². The van der Waals surface area contributed by atoms with Gasteiger partial charge in [0.1, 0.15) is 6.04 Å². The first-order chi connectivity index (χ1) is 9.20. The fourth-order valence-corrected chi connectivity index (χ4v) is 1.74. The Morgan fingerprint density at radius 1 is 1.26 bits per heavy atom. The van der Waals surface area contributed by atoms with Crippen molar-refractivity contribution in [2.24, 2.45) is 5.73 Å². The van der Waals surface area contributed by atoms with Gasteiger partial charge in [0, 0.05) is 13.5 Å². The van der Waals surface area contributed by atoms with Gasteiger partial charge in [-0.1, -0.05) is 30.3 Å². The topological polar surface area (TPSA) is 74.2 Å². The van der Waals surface area contributed by atoms with Gasteiger partial charge in [-0.05, 0) is 18.9 Å². The van der Waals surface area contributed by atoms with Crippen LogP contribution in [-0.4, -0.2) is 23.4 Å². The number of nitrogens with zero attached hydrogens (tertiary/aromatic N) is 2. The first-order valence-corrected chi connectivity index (χ1v) is 6.36. The Morgan fingerprint density at radius 3 is 2.68 bits per heavy atom. The highest BCUT2D eigenvalue weighted by molar-refractivity contribution is 5.22. The van der Waals surface area contributed by atoms with Gasteiger partial charge in [0.15, 0.2) is 0 Å². The Morgan fingerprint density at radius 2 is 2.00 bits per heavy atom. The van der Waals surface area contributed by atoms with Gasteiger partial charge in [-0.25, -0.2) is 0 Å². The quantitative estimate of drug-likeness (QED) is 0.861. The molecule has 2 N–H and O–H groups in total. The summed E-state index contributed by atoms with van der Waals surface area (Å²) in [4.78, 5) is 0. The third-order valence-corrected chi connectivity index (χ3v) is 3.07. The van der Waals surface area contributed by atoms with Crippen molar-refractivity contribution in [1.82, 2.24) is 10.2 Å². The van der Waals surface area contributed by atoms with Crippen molar-refractivity contribution in [1.29, 1.82) is 0 Å². The van der Waals surface area contributed by atoms with Crippen molar-refractivity contribution >= 4 is 0 Å². The summed E-state index contributed by atoms with van der Waals surface area (Å²) in [5, 5.41) is 8.03. The van der Waals surface area contributed by atoms with Gasteiger partial charge in [-0.15, -0.1) is 10.2 Å². The van der Waals surface area contributed by atoms with E-state index in [0.29, 0.717) is 18.2 Å². The summed E-state index contributed by atoms with van der Waals surface area (Å²) < 4.78 is 10.8. The largest absolute Gasteiger partial charge is 0.423 e. The maximum atomic E-state index is 6.09. The first kappa shape index (κ1) is 13.7. The van der Waals surface area contributed by atoms with E-state index in [1.165, 1.54) is 0 Å². The Bertz CT molecular complexity index is 498. The number of ether oxygens (including phenoxy) is 1. The van der Waals surface area contributed by atoms with Crippen LogP contribution in [0.4, 0.5) is 0 Å². The van der Waals surface area contributed by atoms with E-state index in [2.05, 4.69) is 10.2 Å². The summed E-state index contributed by atoms with van der Waals surface area (Å²) in [7, 11) is 1.69. The van der Waals surface area contributed by atoms with Crippen LogP contribution >= 0.6 is 0 Å². The van der Waals surface area contributed by atoms with Crippen LogP contribution in [0.2, 0.25) is 0 Å². The number of nitrogens with two attached hydrogens (primary N) is 1. The molecule has 1 heterocycles. The van der Waals surface area contributed by atoms with Crippen LogP contribution in [0.15, 0.2) is 34.7 Å². The van der Waals surface area contributed by atoms with Crippen molar-refractivity contribution in [3.63, 3.8) is 0 Å². The smallest absolute Gasteiger partial charge is 0.237 e. The lowest BCUT2D eigenvalue weighted by atomic mass is 10.1.